The lowest BCUT2D eigenvalue weighted by atomic mass is 10.1. The summed E-state index contributed by atoms with van der Waals surface area (Å²) < 4.78 is 14.1. The molecule has 0 bridgehead atoms. The topological polar surface area (TPSA) is 12.0 Å². The van der Waals surface area contributed by atoms with E-state index in [4.69, 9.17) is 0 Å². The van der Waals surface area contributed by atoms with Crippen molar-refractivity contribution in [3.05, 3.63) is 50.4 Å². The van der Waals surface area contributed by atoms with Crippen LogP contribution in [0.3, 0.4) is 0 Å². The first-order valence-electron chi connectivity index (χ1n) is 5.33. The van der Waals surface area contributed by atoms with Crippen LogP contribution in [0.25, 0.3) is 0 Å². The summed E-state index contributed by atoms with van der Waals surface area (Å²) in [7, 11) is 0. The molecule has 1 heterocycles. The molecule has 0 fully saturated rings. The summed E-state index contributed by atoms with van der Waals surface area (Å²) in [4.78, 5) is 1.24. The second-order valence-corrected chi connectivity index (χ2v) is 5.76. The van der Waals surface area contributed by atoms with Gasteiger partial charge in [0.1, 0.15) is 5.82 Å². The van der Waals surface area contributed by atoms with Crippen LogP contribution in [0.1, 0.15) is 23.4 Å². The number of benzene rings is 1. The molecule has 0 radical (unpaired) electrons. The molecule has 2 rings (SSSR count). The van der Waals surface area contributed by atoms with Gasteiger partial charge in [-0.05, 0) is 65.0 Å². The SMILES string of the molecule is Cc1cc(F)ccc1NC(C)c1sccc1Br. The highest BCUT2D eigenvalue weighted by atomic mass is 79.9. The summed E-state index contributed by atoms with van der Waals surface area (Å²) in [5, 5.41) is 5.45. The van der Waals surface area contributed by atoms with Crippen LogP contribution in [-0.4, -0.2) is 0 Å². The molecule has 0 aliphatic carbocycles. The van der Waals surface area contributed by atoms with Gasteiger partial charge in [0.25, 0.3) is 0 Å². The molecule has 1 unspecified atom stereocenters. The maximum absolute atomic E-state index is 13.0. The van der Waals surface area contributed by atoms with Crippen molar-refractivity contribution >= 4 is 33.0 Å². The van der Waals surface area contributed by atoms with Crippen LogP contribution in [0, 0.1) is 12.7 Å². The average molecular weight is 314 g/mol. The van der Waals surface area contributed by atoms with Crippen LogP contribution in [0.5, 0.6) is 0 Å². The Labute approximate surface area is 113 Å². The second kappa shape index (κ2) is 5.19. The Kier molecular flexibility index (Phi) is 3.84. The molecule has 0 amide bonds. The van der Waals surface area contributed by atoms with Crippen molar-refractivity contribution in [2.24, 2.45) is 0 Å². The zero-order valence-electron chi connectivity index (χ0n) is 9.63. The van der Waals surface area contributed by atoms with Crippen molar-refractivity contribution in [1.82, 2.24) is 0 Å². The summed E-state index contributed by atoms with van der Waals surface area (Å²) in [6, 6.07) is 7.04. The normalized spacial score (nSPS) is 12.5. The summed E-state index contributed by atoms with van der Waals surface area (Å²) in [5.41, 5.74) is 1.89. The van der Waals surface area contributed by atoms with E-state index >= 15 is 0 Å². The van der Waals surface area contributed by atoms with Gasteiger partial charge in [-0.2, -0.15) is 0 Å². The fraction of sp³-hybridized carbons (Fsp3) is 0.231. The molecule has 1 N–H and O–H groups in total. The zero-order chi connectivity index (χ0) is 12.4. The van der Waals surface area contributed by atoms with Gasteiger partial charge in [-0.25, -0.2) is 4.39 Å². The maximum Gasteiger partial charge on any atom is 0.123 e. The largest absolute Gasteiger partial charge is 0.377 e. The third kappa shape index (κ3) is 2.87. The molecule has 1 nitrogen and oxygen atoms in total. The number of hydrogen-bond donors (Lipinski definition) is 1. The minimum absolute atomic E-state index is 0.196. The standard InChI is InChI=1S/C13H13BrFNS/c1-8-7-10(15)3-4-12(8)16-9(2)13-11(14)5-6-17-13/h3-7,9,16H,1-2H3. The van der Waals surface area contributed by atoms with Gasteiger partial charge in [-0.3, -0.25) is 0 Å². The van der Waals surface area contributed by atoms with Crippen LogP contribution in [0.4, 0.5) is 10.1 Å². The molecule has 0 aliphatic heterocycles. The number of rotatable bonds is 3. The lowest BCUT2D eigenvalue weighted by molar-refractivity contribution is 0.626. The minimum atomic E-state index is -0.196. The first-order valence-corrected chi connectivity index (χ1v) is 7.01. The highest BCUT2D eigenvalue weighted by Crippen LogP contribution is 2.31. The number of thiophene rings is 1. The summed E-state index contributed by atoms with van der Waals surface area (Å²) in [6.45, 7) is 4.00. The highest BCUT2D eigenvalue weighted by molar-refractivity contribution is 9.10. The Morgan fingerprint density at radius 1 is 1.35 bits per heavy atom. The van der Waals surface area contributed by atoms with E-state index in [1.54, 1.807) is 23.5 Å². The number of hydrogen-bond acceptors (Lipinski definition) is 2. The van der Waals surface area contributed by atoms with Crippen LogP contribution in [-0.2, 0) is 0 Å². The average Bonchev–Trinajstić information content (AvgIpc) is 2.68. The highest BCUT2D eigenvalue weighted by Gasteiger charge is 2.11. The van der Waals surface area contributed by atoms with Crippen molar-refractivity contribution in [2.45, 2.75) is 19.9 Å². The fourth-order valence-corrected chi connectivity index (χ4v) is 3.43. The van der Waals surface area contributed by atoms with Crippen molar-refractivity contribution in [3.63, 3.8) is 0 Å². The predicted molar refractivity (Wildman–Crippen MR) is 75.2 cm³/mol. The van der Waals surface area contributed by atoms with Gasteiger partial charge in [0.05, 0.1) is 6.04 Å². The number of aryl methyl sites for hydroxylation is 1. The molecule has 2 aromatic rings. The van der Waals surface area contributed by atoms with E-state index in [0.29, 0.717) is 0 Å². The van der Waals surface area contributed by atoms with Crippen LogP contribution >= 0.6 is 27.3 Å². The first-order chi connectivity index (χ1) is 8.08. The molecule has 0 spiro atoms. The summed E-state index contributed by atoms with van der Waals surface area (Å²) >= 11 is 5.22. The minimum Gasteiger partial charge on any atom is -0.377 e. The lowest BCUT2D eigenvalue weighted by Gasteiger charge is -2.16. The zero-order valence-corrected chi connectivity index (χ0v) is 12.0. The van der Waals surface area contributed by atoms with Gasteiger partial charge < -0.3 is 5.32 Å². The van der Waals surface area contributed by atoms with Crippen LogP contribution < -0.4 is 5.32 Å². The third-order valence-electron chi connectivity index (χ3n) is 2.60. The smallest absolute Gasteiger partial charge is 0.123 e. The predicted octanol–water partition coefficient (Wildman–Crippen LogP) is 5.13. The van der Waals surface area contributed by atoms with Crippen LogP contribution in [0.2, 0.25) is 0 Å². The summed E-state index contributed by atoms with van der Waals surface area (Å²) in [6.07, 6.45) is 0. The number of anilines is 1. The molecule has 4 heteroatoms. The van der Waals surface area contributed by atoms with Gasteiger partial charge in [0, 0.05) is 15.0 Å². The van der Waals surface area contributed by atoms with E-state index in [2.05, 4.69) is 33.6 Å². The van der Waals surface area contributed by atoms with E-state index in [-0.39, 0.29) is 11.9 Å². The Balaban J connectivity index is 2.19. The molecular weight excluding hydrogens is 301 g/mol. The Hall–Kier alpha value is -0.870. The molecule has 17 heavy (non-hydrogen) atoms. The molecule has 1 aromatic heterocycles. The van der Waals surface area contributed by atoms with E-state index in [1.807, 2.05) is 13.0 Å². The monoisotopic (exact) mass is 313 g/mol. The molecule has 0 aliphatic rings. The maximum atomic E-state index is 13.0. The molecule has 0 saturated carbocycles. The first kappa shape index (κ1) is 12.6. The molecule has 1 atom stereocenters. The Bertz CT molecular complexity index is 524. The van der Waals surface area contributed by atoms with Gasteiger partial charge in [0.15, 0.2) is 0 Å². The van der Waals surface area contributed by atoms with E-state index in [1.165, 1.54) is 10.9 Å². The van der Waals surface area contributed by atoms with Gasteiger partial charge in [0.2, 0.25) is 0 Å². The van der Waals surface area contributed by atoms with Gasteiger partial charge >= 0.3 is 0 Å². The van der Waals surface area contributed by atoms with Gasteiger partial charge in [-0.15, -0.1) is 11.3 Å². The third-order valence-corrected chi connectivity index (χ3v) is 4.65. The molecular formula is C13H13BrFNS. The van der Waals surface area contributed by atoms with E-state index in [9.17, 15) is 4.39 Å². The van der Waals surface area contributed by atoms with Crippen molar-refractivity contribution in [2.75, 3.05) is 5.32 Å². The molecule has 0 saturated heterocycles. The lowest BCUT2D eigenvalue weighted by Crippen LogP contribution is -2.06. The van der Waals surface area contributed by atoms with Crippen LogP contribution in [0.15, 0.2) is 34.1 Å². The van der Waals surface area contributed by atoms with Gasteiger partial charge in [-0.1, -0.05) is 0 Å². The Morgan fingerprint density at radius 2 is 2.12 bits per heavy atom. The second-order valence-electron chi connectivity index (χ2n) is 3.96. The molecule has 1 aromatic carbocycles. The quantitative estimate of drug-likeness (QED) is 0.828. The van der Waals surface area contributed by atoms with Crippen molar-refractivity contribution in [1.29, 1.82) is 0 Å². The Morgan fingerprint density at radius 3 is 2.71 bits per heavy atom. The fourth-order valence-electron chi connectivity index (χ4n) is 1.70. The number of halogens is 2. The van der Waals surface area contributed by atoms with Crippen molar-refractivity contribution < 1.29 is 4.39 Å². The number of nitrogens with one attached hydrogen (secondary N) is 1. The molecule has 90 valence electrons. The van der Waals surface area contributed by atoms with E-state index in [0.717, 1.165) is 15.7 Å². The summed E-state index contributed by atoms with van der Waals surface area (Å²) in [5.74, 6) is -0.196. The van der Waals surface area contributed by atoms with Crippen molar-refractivity contribution in [3.8, 4) is 0 Å². The van der Waals surface area contributed by atoms with E-state index < -0.39 is 0 Å².